The molecule has 0 fully saturated rings. The zero-order chi connectivity index (χ0) is 18.5. The minimum atomic E-state index is -0.368. The molecule has 2 aromatic carbocycles. The van der Waals surface area contributed by atoms with Gasteiger partial charge in [-0.3, -0.25) is 4.79 Å². The number of carbonyl (C=O) groups is 1. The number of nitrogens with zero attached hydrogens (tertiary/aromatic N) is 1. The maximum atomic E-state index is 13.1. The Kier molecular flexibility index (Phi) is 5.17. The van der Waals surface area contributed by atoms with E-state index in [-0.39, 0.29) is 29.6 Å². The van der Waals surface area contributed by atoms with Crippen LogP contribution in [0, 0.1) is 5.82 Å². The predicted molar refractivity (Wildman–Crippen MR) is 92.6 cm³/mol. The molecule has 0 unspecified atom stereocenters. The molecule has 26 heavy (non-hydrogen) atoms. The number of aromatic nitrogens is 1. The molecule has 3 rings (SSSR count). The Hall–Kier alpha value is -3.35. The number of halogens is 1. The number of ether oxygens (including phenoxy) is 2. The molecule has 0 bridgehead atoms. The van der Waals surface area contributed by atoms with Crippen LogP contribution in [0.15, 0.2) is 53.2 Å². The van der Waals surface area contributed by atoms with Crippen LogP contribution in [-0.2, 0) is 6.54 Å². The molecule has 134 valence electrons. The van der Waals surface area contributed by atoms with Crippen LogP contribution in [0.5, 0.6) is 11.5 Å². The van der Waals surface area contributed by atoms with Crippen molar-refractivity contribution in [3.05, 3.63) is 65.6 Å². The molecule has 0 aliphatic rings. The zero-order valence-corrected chi connectivity index (χ0v) is 14.3. The molecule has 3 aromatic rings. The Balaban J connectivity index is 1.74. The number of amides is 1. The van der Waals surface area contributed by atoms with E-state index in [4.69, 9.17) is 14.0 Å². The number of hydrogen-bond donors (Lipinski definition) is 1. The van der Waals surface area contributed by atoms with Crippen molar-refractivity contribution in [2.24, 2.45) is 0 Å². The standard InChI is InChI=1S/C19H17FN2O4/c1-24-16-8-3-12(9-17(16)25-2)10-21-19(23)15-11-22-26-18(15)13-4-6-14(20)7-5-13/h3-9,11H,10H2,1-2H3,(H,21,23). The summed E-state index contributed by atoms with van der Waals surface area (Å²) in [5, 5.41) is 6.48. The van der Waals surface area contributed by atoms with Crippen molar-refractivity contribution in [1.82, 2.24) is 10.5 Å². The molecule has 0 radical (unpaired) electrons. The van der Waals surface area contributed by atoms with Crippen LogP contribution in [-0.4, -0.2) is 25.3 Å². The first-order chi connectivity index (χ1) is 12.6. The summed E-state index contributed by atoms with van der Waals surface area (Å²) in [5.41, 5.74) is 1.69. The average molecular weight is 356 g/mol. The van der Waals surface area contributed by atoms with E-state index in [1.165, 1.54) is 30.5 Å². The summed E-state index contributed by atoms with van der Waals surface area (Å²) in [6.07, 6.45) is 1.34. The van der Waals surface area contributed by atoms with E-state index in [1.54, 1.807) is 26.4 Å². The van der Waals surface area contributed by atoms with Gasteiger partial charge >= 0.3 is 0 Å². The summed E-state index contributed by atoms with van der Waals surface area (Å²) in [4.78, 5) is 12.5. The summed E-state index contributed by atoms with van der Waals surface area (Å²) in [6.45, 7) is 0.285. The van der Waals surface area contributed by atoms with E-state index in [0.29, 0.717) is 17.1 Å². The summed E-state index contributed by atoms with van der Waals surface area (Å²) in [7, 11) is 3.11. The summed E-state index contributed by atoms with van der Waals surface area (Å²) in [5.74, 6) is 0.763. The molecule has 0 atom stereocenters. The second kappa shape index (κ2) is 7.69. The van der Waals surface area contributed by atoms with Gasteiger partial charge in [0.1, 0.15) is 11.4 Å². The van der Waals surface area contributed by atoms with Gasteiger partial charge in [-0.25, -0.2) is 4.39 Å². The maximum absolute atomic E-state index is 13.1. The fourth-order valence-electron chi connectivity index (χ4n) is 2.48. The molecular weight excluding hydrogens is 339 g/mol. The summed E-state index contributed by atoms with van der Waals surface area (Å²) < 4.78 is 28.7. The highest BCUT2D eigenvalue weighted by molar-refractivity contribution is 5.99. The molecule has 0 aliphatic heterocycles. The first kappa shape index (κ1) is 17.5. The Bertz CT molecular complexity index is 906. The number of benzene rings is 2. The molecule has 7 heteroatoms. The van der Waals surface area contributed by atoms with E-state index in [2.05, 4.69) is 10.5 Å². The number of rotatable bonds is 6. The van der Waals surface area contributed by atoms with Crippen LogP contribution in [0.25, 0.3) is 11.3 Å². The normalized spacial score (nSPS) is 10.4. The van der Waals surface area contributed by atoms with Crippen LogP contribution in [0.1, 0.15) is 15.9 Å². The highest BCUT2D eigenvalue weighted by atomic mass is 19.1. The third-order valence-electron chi connectivity index (χ3n) is 3.82. The van der Waals surface area contributed by atoms with Gasteiger partial charge in [-0.05, 0) is 42.0 Å². The number of methoxy groups -OCH3 is 2. The van der Waals surface area contributed by atoms with Crippen LogP contribution in [0.3, 0.4) is 0 Å². The summed E-state index contributed by atoms with van der Waals surface area (Å²) >= 11 is 0. The van der Waals surface area contributed by atoms with Gasteiger partial charge in [0.2, 0.25) is 0 Å². The predicted octanol–water partition coefficient (Wildman–Crippen LogP) is 3.43. The van der Waals surface area contributed by atoms with E-state index < -0.39 is 0 Å². The lowest BCUT2D eigenvalue weighted by molar-refractivity contribution is 0.0951. The minimum Gasteiger partial charge on any atom is -0.493 e. The van der Waals surface area contributed by atoms with Crippen LogP contribution < -0.4 is 14.8 Å². The molecule has 1 N–H and O–H groups in total. The van der Waals surface area contributed by atoms with Gasteiger partial charge in [-0.2, -0.15) is 0 Å². The first-order valence-corrected chi connectivity index (χ1v) is 7.82. The van der Waals surface area contributed by atoms with E-state index in [1.807, 2.05) is 6.07 Å². The van der Waals surface area contributed by atoms with Gasteiger partial charge < -0.3 is 19.3 Å². The number of carbonyl (C=O) groups excluding carboxylic acids is 1. The molecule has 0 saturated heterocycles. The van der Waals surface area contributed by atoms with Crippen molar-refractivity contribution in [2.45, 2.75) is 6.54 Å². The van der Waals surface area contributed by atoms with Crippen molar-refractivity contribution >= 4 is 5.91 Å². The number of hydrogen-bond acceptors (Lipinski definition) is 5. The SMILES string of the molecule is COc1ccc(CNC(=O)c2cnoc2-c2ccc(F)cc2)cc1OC. The fourth-order valence-corrected chi connectivity index (χ4v) is 2.48. The maximum Gasteiger partial charge on any atom is 0.257 e. The smallest absolute Gasteiger partial charge is 0.257 e. The largest absolute Gasteiger partial charge is 0.493 e. The van der Waals surface area contributed by atoms with Gasteiger partial charge in [0, 0.05) is 12.1 Å². The van der Waals surface area contributed by atoms with Gasteiger partial charge in [0.05, 0.1) is 20.4 Å². The molecule has 1 amide bonds. The van der Waals surface area contributed by atoms with Crippen LogP contribution in [0.2, 0.25) is 0 Å². The molecule has 0 saturated carbocycles. The molecule has 1 heterocycles. The lowest BCUT2D eigenvalue weighted by Crippen LogP contribution is -2.22. The average Bonchev–Trinajstić information content (AvgIpc) is 3.16. The number of nitrogens with one attached hydrogen (secondary N) is 1. The molecule has 0 aliphatic carbocycles. The lowest BCUT2D eigenvalue weighted by atomic mass is 10.1. The van der Waals surface area contributed by atoms with Crippen LogP contribution in [0.4, 0.5) is 4.39 Å². The Labute approximate surface area is 149 Å². The van der Waals surface area contributed by atoms with Crippen molar-refractivity contribution < 1.29 is 23.2 Å². The third-order valence-corrected chi connectivity index (χ3v) is 3.82. The van der Waals surface area contributed by atoms with Gasteiger partial charge in [0.25, 0.3) is 5.91 Å². The van der Waals surface area contributed by atoms with Crippen molar-refractivity contribution in [2.75, 3.05) is 14.2 Å². The van der Waals surface area contributed by atoms with Crippen molar-refractivity contribution in [3.63, 3.8) is 0 Å². The fraction of sp³-hybridized carbons (Fsp3) is 0.158. The van der Waals surface area contributed by atoms with E-state index in [9.17, 15) is 9.18 Å². The highest BCUT2D eigenvalue weighted by Crippen LogP contribution is 2.28. The molecular formula is C19H17FN2O4. The monoisotopic (exact) mass is 356 g/mol. The Morgan fingerprint density at radius 1 is 1.12 bits per heavy atom. The molecule has 1 aromatic heterocycles. The van der Waals surface area contributed by atoms with Crippen molar-refractivity contribution in [1.29, 1.82) is 0 Å². The van der Waals surface area contributed by atoms with Gasteiger partial charge in [-0.1, -0.05) is 11.2 Å². The first-order valence-electron chi connectivity index (χ1n) is 7.82. The highest BCUT2D eigenvalue weighted by Gasteiger charge is 2.18. The van der Waals surface area contributed by atoms with Crippen LogP contribution >= 0.6 is 0 Å². The van der Waals surface area contributed by atoms with Gasteiger partial charge in [-0.15, -0.1) is 0 Å². The quantitative estimate of drug-likeness (QED) is 0.732. The Morgan fingerprint density at radius 2 is 1.85 bits per heavy atom. The molecule has 0 spiro atoms. The second-order valence-corrected chi connectivity index (χ2v) is 5.45. The van der Waals surface area contributed by atoms with Crippen molar-refractivity contribution in [3.8, 4) is 22.8 Å². The minimum absolute atomic E-state index is 0.275. The van der Waals surface area contributed by atoms with E-state index in [0.717, 1.165) is 5.56 Å². The molecule has 6 nitrogen and oxygen atoms in total. The third kappa shape index (κ3) is 3.66. The zero-order valence-electron chi connectivity index (χ0n) is 14.3. The van der Waals surface area contributed by atoms with Gasteiger partial charge in [0.15, 0.2) is 17.3 Å². The lowest BCUT2D eigenvalue weighted by Gasteiger charge is -2.10. The summed E-state index contributed by atoms with van der Waals surface area (Å²) in [6, 6.07) is 11.0. The Morgan fingerprint density at radius 3 is 2.54 bits per heavy atom. The second-order valence-electron chi connectivity index (χ2n) is 5.45. The van der Waals surface area contributed by atoms with E-state index >= 15 is 0 Å². The topological polar surface area (TPSA) is 73.6 Å².